The maximum atomic E-state index is 11.2. The Morgan fingerprint density at radius 3 is 2.13 bits per heavy atom. The molecule has 88 valence electrons. The summed E-state index contributed by atoms with van der Waals surface area (Å²) in [7, 11) is 0. The van der Waals surface area contributed by atoms with Crippen molar-refractivity contribution in [3.05, 3.63) is 0 Å². The average Bonchev–Trinajstić information content (AvgIpc) is 2.19. The molecule has 0 saturated carbocycles. The molecule has 2 N–H and O–H groups in total. The van der Waals surface area contributed by atoms with E-state index in [1.165, 1.54) is 0 Å². The number of aliphatic hydroxyl groups excluding tert-OH is 1. The molecule has 15 heavy (non-hydrogen) atoms. The molecular formula is C7H12O5S3. The van der Waals surface area contributed by atoms with E-state index >= 15 is 0 Å². The SMILES string of the molecule is O=C(O)C(CS)SC(CS)C(=O)OCO. The van der Waals surface area contributed by atoms with Gasteiger partial charge in [-0.25, -0.2) is 0 Å². The molecule has 0 bridgehead atoms. The molecule has 0 heterocycles. The molecule has 0 spiro atoms. The van der Waals surface area contributed by atoms with E-state index in [1.807, 2.05) is 0 Å². The minimum atomic E-state index is -1.04. The molecule has 0 fully saturated rings. The van der Waals surface area contributed by atoms with Crippen LogP contribution >= 0.6 is 37.0 Å². The minimum absolute atomic E-state index is 0.108. The van der Waals surface area contributed by atoms with Crippen LogP contribution in [0.25, 0.3) is 0 Å². The number of carboxylic acid groups (broad SMARTS) is 1. The van der Waals surface area contributed by atoms with Gasteiger partial charge >= 0.3 is 11.9 Å². The van der Waals surface area contributed by atoms with E-state index in [0.717, 1.165) is 11.8 Å². The van der Waals surface area contributed by atoms with Crippen molar-refractivity contribution in [2.24, 2.45) is 0 Å². The zero-order valence-corrected chi connectivity index (χ0v) is 10.3. The lowest BCUT2D eigenvalue weighted by Crippen LogP contribution is -2.29. The van der Waals surface area contributed by atoms with Crippen molar-refractivity contribution in [2.75, 3.05) is 18.3 Å². The number of hydrogen-bond donors (Lipinski definition) is 4. The van der Waals surface area contributed by atoms with E-state index < -0.39 is 29.2 Å². The van der Waals surface area contributed by atoms with Gasteiger partial charge in [0.2, 0.25) is 0 Å². The third kappa shape index (κ3) is 5.55. The summed E-state index contributed by atoms with van der Waals surface area (Å²) in [6.45, 7) is -0.720. The van der Waals surface area contributed by atoms with Crippen molar-refractivity contribution in [3.8, 4) is 0 Å². The first-order chi connectivity index (χ1) is 7.06. The number of carbonyl (C=O) groups excluding carboxylic acids is 1. The van der Waals surface area contributed by atoms with Gasteiger partial charge in [0.1, 0.15) is 10.5 Å². The van der Waals surface area contributed by atoms with Gasteiger partial charge in [-0.2, -0.15) is 25.3 Å². The third-order valence-electron chi connectivity index (χ3n) is 1.41. The quantitative estimate of drug-likeness (QED) is 0.294. The van der Waals surface area contributed by atoms with Crippen LogP contribution in [0.2, 0.25) is 0 Å². The van der Waals surface area contributed by atoms with Crippen LogP contribution in [0.5, 0.6) is 0 Å². The number of aliphatic hydroxyl groups is 1. The van der Waals surface area contributed by atoms with Gasteiger partial charge in [-0.15, -0.1) is 11.8 Å². The van der Waals surface area contributed by atoms with Crippen LogP contribution in [0.1, 0.15) is 0 Å². The summed E-state index contributed by atoms with van der Waals surface area (Å²) in [5.41, 5.74) is 0. The first kappa shape index (κ1) is 14.9. The molecule has 2 unspecified atom stereocenters. The summed E-state index contributed by atoms with van der Waals surface area (Å²) < 4.78 is 4.35. The van der Waals surface area contributed by atoms with E-state index in [2.05, 4.69) is 30.0 Å². The van der Waals surface area contributed by atoms with Crippen LogP contribution in [0.4, 0.5) is 0 Å². The average molecular weight is 272 g/mol. The van der Waals surface area contributed by atoms with Crippen LogP contribution in [0.15, 0.2) is 0 Å². The highest BCUT2D eigenvalue weighted by Crippen LogP contribution is 2.21. The number of thiol groups is 2. The highest BCUT2D eigenvalue weighted by Gasteiger charge is 2.26. The molecule has 5 nitrogen and oxygen atoms in total. The third-order valence-corrected chi connectivity index (χ3v) is 4.01. The number of thioether (sulfide) groups is 1. The Morgan fingerprint density at radius 1 is 1.27 bits per heavy atom. The Balaban J connectivity index is 4.29. The topological polar surface area (TPSA) is 83.8 Å². The van der Waals surface area contributed by atoms with E-state index in [0.29, 0.717) is 0 Å². The van der Waals surface area contributed by atoms with E-state index in [9.17, 15) is 9.59 Å². The standard InChI is InChI=1S/C7H12O5S3/c8-3-12-7(11)5(2-14)15-4(1-13)6(9)10/h4-5,8,13-14H,1-3H2,(H,9,10). The second-order valence-electron chi connectivity index (χ2n) is 2.41. The minimum Gasteiger partial charge on any atom is -0.480 e. The van der Waals surface area contributed by atoms with Crippen LogP contribution < -0.4 is 0 Å². The number of carboxylic acids is 1. The number of aliphatic carboxylic acids is 1. The summed E-state index contributed by atoms with van der Waals surface area (Å²) >= 11 is 8.68. The summed E-state index contributed by atoms with van der Waals surface area (Å²) in [5.74, 6) is -1.47. The molecule has 0 aliphatic heterocycles. The smallest absolute Gasteiger partial charge is 0.322 e. The van der Waals surface area contributed by atoms with Gasteiger partial charge in [-0.05, 0) is 0 Å². The molecule has 0 aromatic heterocycles. The van der Waals surface area contributed by atoms with Gasteiger partial charge in [0, 0.05) is 11.5 Å². The highest BCUT2D eigenvalue weighted by molar-refractivity contribution is 8.03. The number of hydrogen-bond acceptors (Lipinski definition) is 7. The Morgan fingerprint density at radius 2 is 1.80 bits per heavy atom. The highest BCUT2D eigenvalue weighted by atomic mass is 32.2. The molecular weight excluding hydrogens is 260 g/mol. The monoisotopic (exact) mass is 272 g/mol. The molecule has 0 aromatic carbocycles. The molecule has 0 rings (SSSR count). The summed E-state index contributed by atoms with van der Waals surface area (Å²) in [6, 6.07) is 0. The van der Waals surface area contributed by atoms with Gasteiger partial charge < -0.3 is 14.9 Å². The zero-order chi connectivity index (χ0) is 11.8. The van der Waals surface area contributed by atoms with Crippen molar-refractivity contribution < 1.29 is 24.5 Å². The fraction of sp³-hybridized carbons (Fsp3) is 0.714. The van der Waals surface area contributed by atoms with Gasteiger partial charge in [0.25, 0.3) is 0 Å². The van der Waals surface area contributed by atoms with Crippen molar-refractivity contribution in [3.63, 3.8) is 0 Å². The van der Waals surface area contributed by atoms with Crippen molar-refractivity contribution in [2.45, 2.75) is 10.5 Å². The van der Waals surface area contributed by atoms with Gasteiger partial charge in [0.05, 0.1) is 0 Å². The number of rotatable bonds is 7. The molecule has 0 amide bonds. The number of carbonyl (C=O) groups is 2. The summed E-state index contributed by atoms with van der Waals surface area (Å²) in [6.07, 6.45) is 0. The Hall–Kier alpha value is -0.0500. The Kier molecular flexibility index (Phi) is 8.12. The molecule has 8 heteroatoms. The van der Waals surface area contributed by atoms with Crippen LogP contribution in [0, 0.1) is 0 Å². The van der Waals surface area contributed by atoms with Gasteiger partial charge in [-0.3, -0.25) is 9.59 Å². The van der Waals surface area contributed by atoms with Crippen molar-refractivity contribution in [1.82, 2.24) is 0 Å². The van der Waals surface area contributed by atoms with E-state index in [1.54, 1.807) is 0 Å². The molecule has 0 aliphatic rings. The van der Waals surface area contributed by atoms with Crippen molar-refractivity contribution in [1.29, 1.82) is 0 Å². The summed E-state index contributed by atoms with van der Waals surface area (Å²) in [5, 5.41) is 15.6. The molecule has 0 saturated heterocycles. The van der Waals surface area contributed by atoms with Gasteiger partial charge in [0.15, 0.2) is 6.79 Å². The second-order valence-corrected chi connectivity index (χ2v) is 4.55. The first-order valence-electron chi connectivity index (χ1n) is 3.94. The van der Waals surface area contributed by atoms with E-state index in [4.69, 9.17) is 10.2 Å². The lowest BCUT2D eigenvalue weighted by Gasteiger charge is -2.16. The maximum Gasteiger partial charge on any atom is 0.322 e. The molecule has 0 aliphatic carbocycles. The van der Waals surface area contributed by atoms with Crippen LogP contribution in [-0.4, -0.2) is 51.0 Å². The summed E-state index contributed by atoms with van der Waals surface area (Å²) in [4.78, 5) is 21.8. The lowest BCUT2D eigenvalue weighted by atomic mass is 10.5. The van der Waals surface area contributed by atoms with Crippen LogP contribution in [-0.2, 0) is 14.3 Å². The molecule has 0 aromatic rings. The fourth-order valence-corrected chi connectivity index (χ4v) is 2.39. The maximum absolute atomic E-state index is 11.2. The number of ether oxygens (including phenoxy) is 1. The van der Waals surface area contributed by atoms with Crippen molar-refractivity contribution >= 4 is 49.0 Å². The predicted octanol–water partition coefficient (Wildman–Crippen LogP) is -0.106. The zero-order valence-electron chi connectivity index (χ0n) is 7.70. The van der Waals surface area contributed by atoms with Gasteiger partial charge in [-0.1, -0.05) is 0 Å². The largest absolute Gasteiger partial charge is 0.480 e. The number of esters is 1. The normalized spacial score (nSPS) is 14.3. The Bertz CT molecular complexity index is 223. The first-order valence-corrected chi connectivity index (χ1v) is 6.15. The van der Waals surface area contributed by atoms with E-state index in [-0.39, 0.29) is 11.5 Å². The second kappa shape index (κ2) is 8.14. The Labute approximate surface area is 102 Å². The predicted molar refractivity (Wildman–Crippen MR) is 63.7 cm³/mol. The fourth-order valence-electron chi connectivity index (χ4n) is 0.707. The molecule has 2 atom stereocenters. The molecule has 0 radical (unpaired) electrons. The lowest BCUT2D eigenvalue weighted by molar-refractivity contribution is -0.150. The van der Waals surface area contributed by atoms with Crippen LogP contribution in [0.3, 0.4) is 0 Å².